The van der Waals surface area contributed by atoms with Crippen LogP contribution in [0.4, 0.5) is 0 Å². The quantitative estimate of drug-likeness (QED) is 0.413. The molecule has 0 fully saturated rings. The van der Waals surface area contributed by atoms with Crippen molar-refractivity contribution in [2.75, 3.05) is 5.43 Å². The second kappa shape index (κ2) is 7.98. The normalized spacial score (nSPS) is 12.9. The predicted molar refractivity (Wildman–Crippen MR) is 86.8 cm³/mol. The van der Waals surface area contributed by atoms with Crippen LogP contribution in [-0.4, -0.2) is 35.9 Å². The molecule has 1 atom stereocenters. The Morgan fingerprint density at radius 3 is 2.33 bits per heavy atom. The summed E-state index contributed by atoms with van der Waals surface area (Å²) in [7, 11) is 0. The van der Waals surface area contributed by atoms with E-state index in [9.17, 15) is 4.79 Å². The second-order valence-electron chi connectivity index (χ2n) is 4.59. The molecule has 0 aromatic carbocycles. The predicted octanol–water partition coefficient (Wildman–Crippen LogP) is 1.55. The van der Waals surface area contributed by atoms with Gasteiger partial charge < -0.3 is 10.6 Å². The minimum Gasteiger partial charge on any atom is -0.338 e. The molecular weight excluding hydrogens is 359 g/mol. The molecule has 0 aliphatic rings. The van der Waals surface area contributed by atoms with Gasteiger partial charge >= 0.3 is 0 Å². The van der Waals surface area contributed by atoms with Crippen molar-refractivity contribution in [3.05, 3.63) is 12.7 Å². The second-order valence-corrected chi connectivity index (χ2v) is 7.37. The summed E-state index contributed by atoms with van der Waals surface area (Å²) in [6, 6.07) is 0. The van der Waals surface area contributed by atoms with Crippen LogP contribution in [0.2, 0.25) is 0 Å². The molecule has 0 spiro atoms. The molecule has 0 saturated heterocycles. The van der Waals surface area contributed by atoms with Crippen LogP contribution < -0.4 is 16.1 Å². The number of amides is 1. The van der Waals surface area contributed by atoms with Gasteiger partial charge in [0.05, 0.1) is 0 Å². The highest BCUT2D eigenvalue weighted by molar-refractivity contribution is 7.80. The van der Waals surface area contributed by atoms with Crippen LogP contribution in [0, 0.1) is 5.92 Å². The standard InChI is InChI=1S/C10H15Cl3N6OS/c1-6(2)3-7(20)16-8(10(11,12)13)17-9(21)18-19-4-14-15-5-19/h4-6,8H,3H2,1-2H3,(H,16,20)(H2,17,18,21)/t8-/m1/s1. The van der Waals surface area contributed by atoms with E-state index in [2.05, 4.69) is 26.3 Å². The molecule has 0 aliphatic heterocycles. The summed E-state index contributed by atoms with van der Waals surface area (Å²) in [5, 5.41) is 12.6. The maximum Gasteiger partial charge on any atom is 0.228 e. The zero-order valence-electron chi connectivity index (χ0n) is 11.3. The SMILES string of the molecule is CC(C)CC(=O)N[C@H](NC(=S)Nn1cnnc1)C(Cl)(Cl)Cl. The van der Waals surface area contributed by atoms with Crippen LogP contribution in [0.5, 0.6) is 0 Å². The fraction of sp³-hybridized carbons (Fsp3) is 0.600. The molecule has 0 unspecified atom stereocenters. The van der Waals surface area contributed by atoms with Crippen LogP contribution in [0.15, 0.2) is 12.7 Å². The van der Waals surface area contributed by atoms with Gasteiger partial charge in [0.2, 0.25) is 9.70 Å². The van der Waals surface area contributed by atoms with Crippen molar-refractivity contribution >= 4 is 58.0 Å². The van der Waals surface area contributed by atoms with E-state index < -0.39 is 9.96 Å². The molecule has 1 aromatic rings. The monoisotopic (exact) mass is 372 g/mol. The Labute approximate surface area is 142 Å². The van der Waals surface area contributed by atoms with E-state index >= 15 is 0 Å². The number of halogens is 3. The van der Waals surface area contributed by atoms with Gasteiger partial charge in [-0.15, -0.1) is 10.2 Å². The fourth-order valence-electron chi connectivity index (χ4n) is 1.33. The van der Waals surface area contributed by atoms with Gasteiger partial charge in [0.1, 0.15) is 18.8 Å². The molecule has 118 valence electrons. The molecule has 3 N–H and O–H groups in total. The Bertz CT molecular complexity index is 476. The van der Waals surface area contributed by atoms with Crippen molar-refractivity contribution < 1.29 is 4.79 Å². The lowest BCUT2D eigenvalue weighted by Crippen LogP contribution is -2.56. The van der Waals surface area contributed by atoms with E-state index in [1.54, 1.807) is 0 Å². The van der Waals surface area contributed by atoms with Gasteiger partial charge in [0, 0.05) is 6.42 Å². The number of alkyl halides is 3. The zero-order chi connectivity index (χ0) is 16.0. The van der Waals surface area contributed by atoms with Crippen LogP contribution >= 0.6 is 47.0 Å². The first-order chi connectivity index (χ1) is 9.68. The van der Waals surface area contributed by atoms with Gasteiger partial charge in [-0.1, -0.05) is 48.7 Å². The van der Waals surface area contributed by atoms with Gasteiger partial charge in [-0.25, -0.2) is 4.68 Å². The number of aromatic nitrogens is 3. The molecule has 1 rings (SSSR count). The van der Waals surface area contributed by atoms with E-state index in [1.807, 2.05) is 13.8 Å². The lowest BCUT2D eigenvalue weighted by atomic mass is 10.1. The molecule has 1 aromatic heterocycles. The molecule has 0 saturated carbocycles. The molecule has 21 heavy (non-hydrogen) atoms. The molecule has 7 nitrogen and oxygen atoms in total. The van der Waals surface area contributed by atoms with Crippen molar-refractivity contribution in [3.8, 4) is 0 Å². The highest BCUT2D eigenvalue weighted by atomic mass is 35.6. The molecular formula is C10H15Cl3N6OS. The highest BCUT2D eigenvalue weighted by Crippen LogP contribution is 2.29. The first kappa shape index (κ1) is 18.2. The molecule has 1 heterocycles. The topological polar surface area (TPSA) is 83.9 Å². The van der Waals surface area contributed by atoms with E-state index in [0.29, 0.717) is 6.42 Å². The first-order valence-corrected chi connectivity index (χ1v) is 7.51. The number of carbonyl (C=O) groups is 1. The number of thiocarbonyl (C=S) groups is 1. The molecule has 0 bridgehead atoms. The summed E-state index contributed by atoms with van der Waals surface area (Å²) >= 11 is 22.6. The number of rotatable bonds is 5. The molecule has 0 radical (unpaired) electrons. The first-order valence-electron chi connectivity index (χ1n) is 5.96. The minimum atomic E-state index is -1.77. The summed E-state index contributed by atoms with van der Waals surface area (Å²) in [6.07, 6.45) is 2.13. The number of hydrogen-bond donors (Lipinski definition) is 3. The number of nitrogens with one attached hydrogen (secondary N) is 3. The van der Waals surface area contributed by atoms with Crippen molar-refractivity contribution in [1.29, 1.82) is 0 Å². The summed E-state index contributed by atoms with van der Waals surface area (Å²) in [6.45, 7) is 3.82. The average Bonchev–Trinajstić information content (AvgIpc) is 2.78. The zero-order valence-corrected chi connectivity index (χ0v) is 14.4. The third-order valence-corrected chi connectivity index (χ3v) is 3.01. The van der Waals surface area contributed by atoms with Gasteiger partial charge in [0.25, 0.3) is 0 Å². The van der Waals surface area contributed by atoms with Gasteiger partial charge in [-0.2, -0.15) is 0 Å². The van der Waals surface area contributed by atoms with Gasteiger partial charge in [0.15, 0.2) is 5.11 Å². The lowest BCUT2D eigenvalue weighted by molar-refractivity contribution is -0.122. The third-order valence-electron chi connectivity index (χ3n) is 2.15. The van der Waals surface area contributed by atoms with Gasteiger partial charge in [-0.3, -0.25) is 10.2 Å². The van der Waals surface area contributed by atoms with E-state index in [1.165, 1.54) is 17.3 Å². The molecule has 11 heteroatoms. The van der Waals surface area contributed by atoms with E-state index in [0.717, 1.165) is 0 Å². The lowest BCUT2D eigenvalue weighted by Gasteiger charge is -2.28. The molecule has 1 amide bonds. The van der Waals surface area contributed by atoms with Crippen molar-refractivity contribution in [2.45, 2.75) is 30.2 Å². The van der Waals surface area contributed by atoms with Crippen LogP contribution in [0.25, 0.3) is 0 Å². The maximum atomic E-state index is 11.8. The maximum absolute atomic E-state index is 11.8. The fourth-order valence-corrected chi connectivity index (χ4v) is 1.88. The molecule has 0 aliphatic carbocycles. The number of hydrogen-bond acceptors (Lipinski definition) is 4. The number of carbonyl (C=O) groups excluding carboxylic acids is 1. The highest BCUT2D eigenvalue weighted by Gasteiger charge is 2.34. The Morgan fingerprint density at radius 2 is 1.86 bits per heavy atom. The Hall–Kier alpha value is -0.830. The smallest absolute Gasteiger partial charge is 0.228 e. The Balaban J connectivity index is 2.61. The summed E-state index contributed by atoms with van der Waals surface area (Å²) < 4.78 is -0.369. The Kier molecular flexibility index (Phi) is 6.92. The van der Waals surface area contributed by atoms with Crippen LogP contribution in [-0.2, 0) is 4.79 Å². The van der Waals surface area contributed by atoms with E-state index in [-0.39, 0.29) is 16.9 Å². The van der Waals surface area contributed by atoms with Gasteiger partial charge in [-0.05, 0) is 18.1 Å². The Morgan fingerprint density at radius 1 is 1.29 bits per heavy atom. The summed E-state index contributed by atoms with van der Waals surface area (Å²) in [5.41, 5.74) is 2.72. The summed E-state index contributed by atoms with van der Waals surface area (Å²) in [5.74, 6) is -0.0657. The van der Waals surface area contributed by atoms with Crippen LogP contribution in [0.3, 0.4) is 0 Å². The largest absolute Gasteiger partial charge is 0.338 e. The third kappa shape index (κ3) is 7.12. The summed E-state index contributed by atoms with van der Waals surface area (Å²) in [4.78, 5) is 11.8. The van der Waals surface area contributed by atoms with Crippen molar-refractivity contribution in [3.63, 3.8) is 0 Å². The number of nitrogens with zero attached hydrogens (tertiary/aromatic N) is 3. The average molecular weight is 374 g/mol. The van der Waals surface area contributed by atoms with Crippen molar-refractivity contribution in [2.24, 2.45) is 5.92 Å². The van der Waals surface area contributed by atoms with E-state index in [4.69, 9.17) is 47.0 Å². The van der Waals surface area contributed by atoms with Crippen molar-refractivity contribution in [1.82, 2.24) is 25.5 Å². The van der Waals surface area contributed by atoms with Crippen LogP contribution in [0.1, 0.15) is 20.3 Å². The minimum absolute atomic E-state index is 0.135.